The summed E-state index contributed by atoms with van der Waals surface area (Å²) in [5.74, 6) is 0. The summed E-state index contributed by atoms with van der Waals surface area (Å²) in [5, 5.41) is 3.52. The molecule has 2 heteroatoms. The summed E-state index contributed by atoms with van der Waals surface area (Å²) in [7, 11) is 0. The van der Waals surface area contributed by atoms with Gasteiger partial charge < -0.3 is 10.1 Å². The van der Waals surface area contributed by atoms with Gasteiger partial charge in [-0.15, -0.1) is 0 Å². The van der Waals surface area contributed by atoms with Gasteiger partial charge in [-0.3, -0.25) is 0 Å². The lowest BCUT2D eigenvalue weighted by Gasteiger charge is -2.35. The molecule has 1 aromatic rings. The van der Waals surface area contributed by atoms with Crippen LogP contribution in [0.15, 0.2) is 18.2 Å². The number of ether oxygens (including phenoxy) is 1. The van der Waals surface area contributed by atoms with Crippen LogP contribution in [0.3, 0.4) is 0 Å². The van der Waals surface area contributed by atoms with E-state index in [1.165, 1.54) is 16.7 Å². The van der Waals surface area contributed by atoms with Crippen LogP contribution < -0.4 is 5.32 Å². The Morgan fingerprint density at radius 2 is 1.74 bits per heavy atom. The first-order valence-corrected chi connectivity index (χ1v) is 7.28. The van der Waals surface area contributed by atoms with Crippen molar-refractivity contribution in [2.75, 3.05) is 13.1 Å². The van der Waals surface area contributed by atoms with Crippen LogP contribution in [0.4, 0.5) is 0 Å². The average molecular weight is 261 g/mol. The van der Waals surface area contributed by atoms with E-state index in [1.54, 1.807) is 0 Å². The normalized spacial score (nSPS) is 24.5. The van der Waals surface area contributed by atoms with E-state index in [9.17, 15) is 0 Å². The molecule has 0 radical (unpaired) electrons. The zero-order valence-electron chi connectivity index (χ0n) is 12.9. The monoisotopic (exact) mass is 261 g/mol. The highest BCUT2D eigenvalue weighted by Gasteiger charge is 2.27. The van der Waals surface area contributed by atoms with E-state index < -0.39 is 0 Å². The molecule has 2 unspecified atom stereocenters. The standard InChI is InChI=1S/C17H27NO/c1-12-6-13(2)8-14(7-12)16-11-18-10-15(19-16)9-17(3,4)5/h6-8,15-16,18H,9-11H2,1-5H3. The lowest BCUT2D eigenvalue weighted by atomic mass is 9.88. The summed E-state index contributed by atoms with van der Waals surface area (Å²) in [6.45, 7) is 13.0. The van der Waals surface area contributed by atoms with Crippen molar-refractivity contribution in [3.63, 3.8) is 0 Å². The predicted octanol–water partition coefficient (Wildman–Crippen LogP) is 3.77. The highest BCUT2D eigenvalue weighted by atomic mass is 16.5. The zero-order valence-corrected chi connectivity index (χ0v) is 12.9. The van der Waals surface area contributed by atoms with Crippen molar-refractivity contribution in [1.29, 1.82) is 0 Å². The Morgan fingerprint density at radius 1 is 1.11 bits per heavy atom. The minimum atomic E-state index is 0.194. The topological polar surface area (TPSA) is 21.3 Å². The van der Waals surface area contributed by atoms with Gasteiger partial charge in [-0.05, 0) is 31.2 Å². The maximum atomic E-state index is 6.30. The van der Waals surface area contributed by atoms with Gasteiger partial charge in [0.05, 0.1) is 12.2 Å². The molecule has 1 saturated heterocycles. The molecule has 1 heterocycles. The fourth-order valence-corrected chi connectivity index (χ4v) is 2.90. The van der Waals surface area contributed by atoms with Gasteiger partial charge in [-0.1, -0.05) is 50.1 Å². The van der Waals surface area contributed by atoms with E-state index in [2.05, 4.69) is 58.1 Å². The van der Waals surface area contributed by atoms with E-state index in [0.717, 1.165) is 19.5 Å². The van der Waals surface area contributed by atoms with Gasteiger partial charge in [0, 0.05) is 13.1 Å². The van der Waals surface area contributed by atoms with Crippen LogP contribution in [0.25, 0.3) is 0 Å². The molecule has 0 amide bonds. The highest BCUT2D eigenvalue weighted by Crippen LogP contribution is 2.29. The lowest BCUT2D eigenvalue weighted by molar-refractivity contribution is -0.0552. The van der Waals surface area contributed by atoms with Gasteiger partial charge in [0.1, 0.15) is 0 Å². The molecule has 1 aliphatic rings. The fraction of sp³-hybridized carbons (Fsp3) is 0.647. The van der Waals surface area contributed by atoms with Crippen molar-refractivity contribution in [2.24, 2.45) is 5.41 Å². The van der Waals surface area contributed by atoms with E-state index in [-0.39, 0.29) is 6.10 Å². The van der Waals surface area contributed by atoms with Gasteiger partial charge in [-0.2, -0.15) is 0 Å². The zero-order chi connectivity index (χ0) is 14.0. The predicted molar refractivity (Wildman–Crippen MR) is 80.5 cm³/mol. The molecule has 0 saturated carbocycles. The Hall–Kier alpha value is -0.860. The SMILES string of the molecule is Cc1cc(C)cc(C2CNCC(CC(C)(C)C)O2)c1. The van der Waals surface area contributed by atoms with E-state index >= 15 is 0 Å². The molecule has 1 fully saturated rings. The number of benzene rings is 1. The molecule has 0 aromatic heterocycles. The van der Waals surface area contributed by atoms with Crippen molar-refractivity contribution in [3.8, 4) is 0 Å². The van der Waals surface area contributed by atoms with Crippen LogP contribution in [-0.2, 0) is 4.74 Å². The second kappa shape index (κ2) is 5.64. The Morgan fingerprint density at radius 3 is 2.32 bits per heavy atom. The van der Waals surface area contributed by atoms with Crippen molar-refractivity contribution in [1.82, 2.24) is 5.32 Å². The molecular formula is C17H27NO. The Labute approximate surface area is 117 Å². The smallest absolute Gasteiger partial charge is 0.0953 e. The number of nitrogens with one attached hydrogen (secondary N) is 1. The van der Waals surface area contributed by atoms with Gasteiger partial charge >= 0.3 is 0 Å². The summed E-state index contributed by atoms with van der Waals surface area (Å²) in [4.78, 5) is 0. The van der Waals surface area contributed by atoms with Gasteiger partial charge in [-0.25, -0.2) is 0 Å². The number of morpholine rings is 1. The number of hydrogen-bond acceptors (Lipinski definition) is 2. The molecule has 0 spiro atoms. The highest BCUT2D eigenvalue weighted by molar-refractivity contribution is 5.30. The van der Waals surface area contributed by atoms with E-state index in [0.29, 0.717) is 11.5 Å². The van der Waals surface area contributed by atoms with E-state index in [4.69, 9.17) is 4.74 Å². The summed E-state index contributed by atoms with van der Waals surface area (Å²) < 4.78 is 6.30. The third kappa shape index (κ3) is 4.32. The average Bonchev–Trinajstić information content (AvgIpc) is 2.25. The Balaban J connectivity index is 2.08. The van der Waals surface area contributed by atoms with E-state index in [1.807, 2.05) is 0 Å². The quantitative estimate of drug-likeness (QED) is 0.875. The summed E-state index contributed by atoms with van der Waals surface area (Å²) in [5.41, 5.74) is 4.26. The van der Waals surface area contributed by atoms with Crippen LogP contribution in [0.1, 0.15) is 50.0 Å². The Kier molecular flexibility index (Phi) is 4.32. The third-order valence-corrected chi connectivity index (χ3v) is 3.51. The van der Waals surface area contributed by atoms with Crippen LogP contribution in [0, 0.1) is 19.3 Å². The van der Waals surface area contributed by atoms with Crippen LogP contribution >= 0.6 is 0 Å². The van der Waals surface area contributed by atoms with Crippen molar-refractivity contribution in [2.45, 2.75) is 53.2 Å². The number of hydrogen-bond donors (Lipinski definition) is 1. The first-order chi connectivity index (χ1) is 8.83. The number of aryl methyl sites for hydroxylation is 2. The van der Waals surface area contributed by atoms with Crippen molar-refractivity contribution >= 4 is 0 Å². The van der Waals surface area contributed by atoms with Gasteiger partial charge in [0.2, 0.25) is 0 Å². The van der Waals surface area contributed by atoms with Crippen molar-refractivity contribution in [3.05, 3.63) is 34.9 Å². The maximum Gasteiger partial charge on any atom is 0.0953 e. The van der Waals surface area contributed by atoms with Crippen molar-refractivity contribution < 1.29 is 4.74 Å². The molecule has 0 aliphatic carbocycles. The maximum absolute atomic E-state index is 6.30. The molecule has 1 aromatic carbocycles. The molecule has 1 N–H and O–H groups in total. The minimum absolute atomic E-state index is 0.194. The second-order valence-corrected chi connectivity index (χ2v) is 7.09. The Bertz CT molecular complexity index is 413. The fourth-order valence-electron chi connectivity index (χ4n) is 2.90. The summed E-state index contributed by atoms with van der Waals surface area (Å²) in [6, 6.07) is 6.71. The number of rotatable bonds is 2. The lowest BCUT2D eigenvalue weighted by Crippen LogP contribution is -2.42. The molecule has 106 valence electrons. The molecule has 19 heavy (non-hydrogen) atoms. The molecule has 2 nitrogen and oxygen atoms in total. The van der Waals surface area contributed by atoms with Crippen LogP contribution in [-0.4, -0.2) is 19.2 Å². The van der Waals surface area contributed by atoms with Gasteiger partial charge in [0.25, 0.3) is 0 Å². The third-order valence-electron chi connectivity index (χ3n) is 3.51. The molecule has 2 atom stereocenters. The molecular weight excluding hydrogens is 234 g/mol. The van der Waals surface area contributed by atoms with Crippen LogP contribution in [0.5, 0.6) is 0 Å². The largest absolute Gasteiger partial charge is 0.368 e. The summed E-state index contributed by atoms with van der Waals surface area (Å²) in [6.07, 6.45) is 1.61. The molecule has 0 bridgehead atoms. The first-order valence-electron chi connectivity index (χ1n) is 7.28. The molecule has 1 aliphatic heterocycles. The second-order valence-electron chi connectivity index (χ2n) is 7.09. The van der Waals surface area contributed by atoms with Crippen LogP contribution in [0.2, 0.25) is 0 Å². The van der Waals surface area contributed by atoms with Gasteiger partial charge in [0.15, 0.2) is 0 Å². The first kappa shape index (κ1) is 14.5. The summed E-state index contributed by atoms with van der Waals surface area (Å²) >= 11 is 0. The molecule has 2 rings (SSSR count). The minimum Gasteiger partial charge on any atom is -0.368 e.